The first-order chi connectivity index (χ1) is 8.70. The van der Waals surface area contributed by atoms with Crippen molar-refractivity contribution in [3.05, 3.63) is 47.7 Å². The Bertz CT molecular complexity index is 582. The Kier molecular flexibility index (Phi) is 3.42. The summed E-state index contributed by atoms with van der Waals surface area (Å²) in [5, 5.41) is 2.41. The summed E-state index contributed by atoms with van der Waals surface area (Å²) in [6, 6.07) is 2.70. The highest BCUT2D eigenvalue weighted by molar-refractivity contribution is 5.92. The lowest BCUT2D eigenvalue weighted by Crippen LogP contribution is -2.24. The van der Waals surface area contributed by atoms with Gasteiger partial charge in [0.2, 0.25) is 6.29 Å². The molecule has 2 aromatic heterocycles. The van der Waals surface area contributed by atoms with E-state index in [-0.39, 0.29) is 23.8 Å². The highest BCUT2D eigenvalue weighted by Gasteiger charge is 2.12. The van der Waals surface area contributed by atoms with Crippen molar-refractivity contribution in [2.45, 2.75) is 6.54 Å². The van der Waals surface area contributed by atoms with E-state index in [2.05, 4.69) is 19.7 Å². The molecule has 1 N–H and O–H groups in total. The number of nitrogens with zero attached hydrogens (tertiary/aromatic N) is 2. The molecular formula is C11H8FN3O3. The molecule has 0 atom stereocenters. The maximum absolute atomic E-state index is 13.2. The summed E-state index contributed by atoms with van der Waals surface area (Å²) in [5.74, 6) is -1.27. The molecule has 0 aliphatic rings. The first-order valence-corrected chi connectivity index (χ1v) is 4.99. The molecule has 0 aromatic carbocycles. The second kappa shape index (κ2) is 5.17. The van der Waals surface area contributed by atoms with Gasteiger partial charge in [-0.15, -0.1) is 0 Å². The molecule has 0 saturated carbocycles. The van der Waals surface area contributed by atoms with E-state index >= 15 is 0 Å². The lowest BCUT2D eigenvalue weighted by atomic mass is 10.3. The van der Waals surface area contributed by atoms with Gasteiger partial charge in [0.1, 0.15) is 12.1 Å². The zero-order valence-corrected chi connectivity index (χ0v) is 9.09. The number of nitrogens with one attached hydrogen (secondary N) is 1. The van der Waals surface area contributed by atoms with Crippen LogP contribution in [0.25, 0.3) is 0 Å². The van der Waals surface area contributed by atoms with Gasteiger partial charge in [-0.3, -0.25) is 14.6 Å². The Labute approximate surface area is 101 Å². The van der Waals surface area contributed by atoms with Crippen molar-refractivity contribution in [2.24, 2.45) is 0 Å². The van der Waals surface area contributed by atoms with Crippen LogP contribution in [0, 0.1) is 5.82 Å². The van der Waals surface area contributed by atoms with E-state index in [1.54, 1.807) is 0 Å². The van der Waals surface area contributed by atoms with Crippen LogP contribution in [0.2, 0.25) is 0 Å². The second-order valence-electron chi connectivity index (χ2n) is 3.30. The van der Waals surface area contributed by atoms with Crippen LogP contribution in [-0.2, 0) is 6.54 Å². The molecule has 18 heavy (non-hydrogen) atoms. The molecule has 0 saturated heterocycles. The van der Waals surface area contributed by atoms with Crippen LogP contribution in [0.1, 0.15) is 26.9 Å². The van der Waals surface area contributed by atoms with Crippen molar-refractivity contribution < 1.29 is 18.4 Å². The first-order valence-electron chi connectivity index (χ1n) is 4.99. The number of amides is 1. The van der Waals surface area contributed by atoms with Crippen molar-refractivity contribution in [3.63, 3.8) is 0 Å². The average Bonchev–Trinajstić information content (AvgIpc) is 2.86. The number of aldehydes is 1. The van der Waals surface area contributed by atoms with Crippen LogP contribution in [-0.4, -0.2) is 22.2 Å². The summed E-state index contributed by atoms with van der Waals surface area (Å²) in [6.45, 7) is -0.0746. The maximum Gasteiger partial charge on any atom is 0.273 e. The smallest absolute Gasteiger partial charge is 0.273 e. The molecule has 0 aliphatic carbocycles. The van der Waals surface area contributed by atoms with Crippen LogP contribution >= 0.6 is 0 Å². The fourth-order valence-electron chi connectivity index (χ4n) is 1.25. The SMILES string of the molecule is O=Cc1nc(C(=O)NCc2ncccc2F)co1. The van der Waals surface area contributed by atoms with E-state index in [1.807, 2.05) is 0 Å². The summed E-state index contributed by atoms with van der Waals surface area (Å²) < 4.78 is 17.9. The van der Waals surface area contributed by atoms with Crippen molar-refractivity contribution >= 4 is 12.2 Å². The van der Waals surface area contributed by atoms with Gasteiger partial charge >= 0.3 is 0 Å². The Hall–Kier alpha value is -2.57. The first kappa shape index (κ1) is 11.9. The molecule has 2 heterocycles. The third-order valence-electron chi connectivity index (χ3n) is 2.11. The predicted molar refractivity (Wildman–Crippen MR) is 57.3 cm³/mol. The van der Waals surface area contributed by atoms with Crippen molar-refractivity contribution in [1.82, 2.24) is 15.3 Å². The number of carbonyl (C=O) groups is 2. The number of aromatic nitrogens is 2. The molecule has 2 aromatic rings. The Balaban J connectivity index is 2.00. The highest BCUT2D eigenvalue weighted by Crippen LogP contribution is 2.03. The number of hydrogen-bond acceptors (Lipinski definition) is 5. The quantitative estimate of drug-likeness (QED) is 0.815. The highest BCUT2D eigenvalue weighted by atomic mass is 19.1. The molecule has 0 aliphatic heterocycles. The standard InChI is InChI=1S/C11H8FN3O3/c12-7-2-1-3-13-8(7)4-14-11(17)9-6-18-10(5-16)15-9/h1-3,5-6H,4H2,(H,14,17). The molecule has 2 rings (SSSR count). The Morgan fingerprint density at radius 1 is 1.56 bits per heavy atom. The number of carbonyl (C=O) groups excluding carboxylic acids is 2. The number of rotatable bonds is 4. The van der Waals surface area contributed by atoms with Gasteiger partial charge in [-0.1, -0.05) is 0 Å². The fourth-order valence-corrected chi connectivity index (χ4v) is 1.25. The van der Waals surface area contributed by atoms with Gasteiger partial charge in [-0.2, -0.15) is 0 Å². The lowest BCUT2D eigenvalue weighted by molar-refractivity contribution is 0.0945. The van der Waals surface area contributed by atoms with Crippen molar-refractivity contribution in [3.8, 4) is 0 Å². The van der Waals surface area contributed by atoms with Crippen LogP contribution in [0.15, 0.2) is 29.0 Å². The Morgan fingerprint density at radius 2 is 2.39 bits per heavy atom. The molecular weight excluding hydrogens is 241 g/mol. The largest absolute Gasteiger partial charge is 0.442 e. The fraction of sp³-hybridized carbons (Fsp3) is 0.0909. The van der Waals surface area contributed by atoms with Crippen molar-refractivity contribution in [1.29, 1.82) is 0 Å². The summed E-state index contributed by atoms with van der Waals surface area (Å²) in [5.41, 5.74) is 0.0680. The molecule has 0 unspecified atom stereocenters. The van der Waals surface area contributed by atoms with Crippen LogP contribution < -0.4 is 5.32 Å². The molecule has 6 nitrogen and oxygen atoms in total. The second-order valence-corrected chi connectivity index (χ2v) is 3.30. The molecule has 92 valence electrons. The zero-order valence-electron chi connectivity index (χ0n) is 9.09. The van der Waals surface area contributed by atoms with Crippen molar-refractivity contribution in [2.75, 3.05) is 0 Å². The number of pyridine rings is 1. The van der Waals surface area contributed by atoms with Gasteiger partial charge < -0.3 is 9.73 Å². The predicted octanol–water partition coefficient (Wildman–Crippen LogP) is 0.951. The summed E-state index contributed by atoms with van der Waals surface area (Å²) in [4.78, 5) is 29.3. The third kappa shape index (κ3) is 2.57. The van der Waals surface area contributed by atoms with Gasteiger partial charge in [0.25, 0.3) is 11.8 Å². The van der Waals surface area contributed by atoms with E-state index < -0.39 is 11.7 Å². The zero-order chi connectivity index (χ0) is 13.0. The molecule has 0 spiro atoms. The summed E-state index contributed by atoms with van der Waals surface area (Å²) in [7, 11) is 0. The van der Waals surface area contributed by atoms with Crippen LogP contribution in [0.3, 0.4) is 0 Å². The number of halogens is 1. The van der Waals surface area contributed by atoms with E-state index in [4.69, 9.17) is 0 Å². The summed E-state index contributed by atoms with van der Waals surface area (Å²) in [6.07, 6.45) is 2.86. The van der Waals surface area contributed by atoms with Crippen LogP contribution in [0.5, 0.6) is 0 Å². The van der Waals surface area contributed by atoms with E-state index in [0.29, 0.717) is 6.29 Å². The minimum Gasteiger partial charge on any atom is -0.442 e. The van der Waals surface area contributed by atoms with Gasteiger partial charge in [-0.25, -0.2) is 9.37 Å². The lowest BCUT2D eigenvalue weighted by Gasteiger charge is -2.02. The minimum atomic E-state index is -0.572. The van der Waals surface area contributed by atoms with Gasteiger partial charge in [0.05, 0.1) is 12.2 Å². The van der Waals surface area contributed by atoms with Gasteiger partial charge in [-0.05, 0) is 12.1 Å². The normalized spacial score (nSPS) is 10.1. The van der Waals surface area contributed by atoms with Gasteiger partial charge in [0.15, 0.2) is 5.69 Å². The van der Waals surface area contributed by atoms with Crippen LogP contribution in [0.4, 0.5) is 4.39 Å². The molecule has 7 heteroatoms. The summed E-state index contributed by atoms with van der Waals surface area (Å²) >= 11 is 0. The molecule has 0 fully saturated rings. The van der Waals surface area contributed by atoms with Gasteiger partial charge in [0, 0.05) is 6.20 Å². The maximum atomic E-state index is 13.2. The third-order valence-corrected chi connectivity index (χ3v) is 2.11. The number of hydrogen-bond donors (Lipinski definition) is 1. The molecule has 0 bridgehead atoms. The van der Waals surface area contributed by atoms with E-state index in [0.717, 1.165) is 6.26 Å². The average molecular weight is 249 g/mol. The molecule has 0 radical (unpaired) electrons. The molecule has 1 amide bonds. The van der Waals surface area contributed by atoms with E-state index in [1.165, 1.54) is 18.3 Å². The Morgan fingerprint density at radius 3 is 3.06 bits per heavy atom. The monoisotopic (exact) mass is 249 g/mol. The topological polar surface area (TPSA) is 85.1 Å². The number of oxazole rings is 1. The minimum absolute atomic E-state index is 0.0477. The van der Waals surface area contributed by atoms with E-state index in [9.17, 15) is 14.0 Å².